The van der Waals surface area contributed by atoms with Gasteiger partial charge in [-0.25, -0.2) is 4.98 Å². The van der Waals surface area contributed by atoms with Crippen molar-refractivity contribution in [2.24, 2.45) is 0 Å². The van der Waals surface area contributed by atoms with Gasteiger partial charge in [-0.3, -0.25) is 19.7 Å². The number of Topliss-reactive ketones (excluding diaryl/α,β-unsaturated/α-hetero) is 1. The van der Waals surface area contributed by atoms with Crippen LogP contribution in [0.15, 0.2) is 54.6 Å². The number of ketones is 1. The minimum atomic E-state index is 0.0419. The van der Waals surface area contributed by atoms with E-state index >= 15 is 0 Å². The SMILES string of the molecule is CN(C)C1CCN(c2cc(C(=O)Cc3cc4cc(-c5cncs5)cnc4cn3)ccn2)CC1. The van der Waals surface area contributed by atoms with Crippen LogP contribution in [0.3, 0.4) is 0 Å². The number of aromatic nitrogens is 4. The molecule has 0 N–H and O–H groups in total. The van der Waals surface area contributed by atoms with Crippen LogP contribution in [0.5, 0.6) is 0 Å². The Hall–Kier alpha value is -3.23. The van der Waals surface area contributed by atoms with Gasteiger partial charge in [-0.15, -0.1) is 11.3 Å². The summed E-state index contributed by atoms with van der Waals surface area (Å²) in [5.41, 5.74) is 5.05. The van der Waals surface area contributed by atoms with Crippen molar-refractivity contribution in [3.8, 4) is 10.4 Å². The van der Waals surface area contributed by atoms with Crippen molar-refractivity contribution in [2.45, 2.75) is 25.3 Å². The van der Waals surface area contributed by atoms with Crippen molar-refractivity contribution in [1.29, 1.82) is 0 Å². The van der Waals surface area contributed by atoms with E-state index in [0.717, 1.165) is 58.8 Å². The van der Waals surface area contributed by atoms with Gasteiger partial charge in [0, 0.05) is 59.9 Å². The Morgan fingerprint density at radius 1 is 1.09 bits per heavy atom. The van der Waals surface area contributed by atoms with Gasteiger partial charge in [0.05, 0.1) is 28.5 Å². The maximum Gasteiger partial charge on any atom is 0.169 e. The molecule has 0 amide bonds. The number of thiazole rings is 1. The number of carbonyl (C=O) groups excluding carboxylic acids is 1. The van der Waals surface area contributed by atoms with Gasteiger partial charge in [-0.05, 0) is 51.2 Å². The Morgan fingerprint density at radius 3 is 2.70 bits per heavy atom. The highest BCUT2D eigenvalue weighted by Gasteiger charge is 2.22. The van der Waals surface area contributed by atoms with Crippen molar-refractivity contribution in [2.75, 3.05) is 32.1 Å². The van der Waals surface area contributed by atoms with E-state index in [0.29, 0.717) is 11.6 Å². The maximum atomic E-state index is 13.1. The van der Waals surface area contributed by atoms with E-state index in [9.17, 15) is 4.79 Å². The second kappa shape index (κ2) is 9.33. The van der Waals surface area contributed by atoms with Crippen LogP contribution in [0.4, 0.5) is 5.82 Å². The van der Waals surface area contributed by atoms with E-state index in [1.165, 1.54) is 0 Å². The second-order valence-electron chi connectivity index (χ2n) is 8.64. The molecule has 5 rings (SSSR count). The van der Waals surface area contributed by atoms with E-state index in [4.69, 9.17) is 0 Å². The Balaban J connectivity index is 1.32. The van der Waals surface area contributed by atoms with Gasteiger partial charge >= 0.3 is 0 Å². The van der Waals surface area contributed by atoms with Gasteiger partial charge < -0.3 is 9.80 Å². The van der Waals surface area contributed by atoms with Crippen molar-refractivity contribution in [3.63, 3.8) is 0 Å². The minimum absolute atomic E-state index is 0.0419. The zero-order valence-electron chi connectivity index (χ0n) is 18.8. The summed E-state index contributed by atoms with van der Waals surface area (Å²) in [6.45, 7) is 1.91. The summed E-state index contributed by atoms with van der Waals surface area (Å²) in [5.74, 6) is 0.920. The van der Waals surface area contributed by atoms with Crippen LogP contribution in [0.1, 0.15) is 28.9 Å². The van der Waals surface area contributed by atoms with Crippen LogP contribution in [-0.2, 0) is 6.42 Å². The third-order valence-corrected chi connectivity index (χ3v) is 7.09. The van der Waals surface area contributed by atoms with Gasteiger partial charge in [0.25, 0.3) is 0 Å². The first kappa shape index (κ1) is 21.6. The molecule has 1 saturated heterocycles. The molecule has 0 aromatic carbocycles. The van der Waals surface area contributed by atoms with Gasteiger partial charge in [-0.1, -0.05) is 0 Å². The molecular formula is C25H26N6OS. The molecule has 4 aromatic rings. The molecule has 0 bridgehead atoms. The summed E-state index contributed by atoms with van der Waals surface area (Å²) >= 11 is 1.58. The highest BCUT2D eigenvalue weighted by atomic mass is 32.1. The fourth-order valence-corrected chi connectivity index (χ4v) is 4.91. The number of hydrogen-bond acceptors (Lipinski definition) is 8. The monoisotopic (exact) mass is 458 g/mol. The number of carbonyl (C=O) groups is 1. The molecule has 8 heteroatoms. The van der Waals surface area contributed by atoms with E-state index in [2.05, 4.69) is 49.9 Å². The highest BCUT2D eigenvalue weighted by Crippen LogP contribution is 2.26. The number of fused-ring (bicyclic) bond motifs is 1. The van der Waals surface area contributed by atoms with Crippen molar-refractivity contribution >= 4 is 33.8 Å². The lowest BCUT2D eigenvalue weighted by atomic mass is 10.0. The Morgan fingerprint density at radius 2 is 1.94 bits per heavy atom. The zero-order chi connectivity index (χ0) is 22.8. The summed E-state index contributed by atoms with van der Waals surface area (Å²) in [7, 11) is 4.27. The van der Waals surface area contributed by atoms with Gasteiger partial charge in [0.15, 0.2) is 5.78 Å². The Bertz CT molecular complexity index is 1270. The fraction of sp³-hybridized carbons (Fsp3) is 0.320. The standard InChI is InChI=1S/C25H26N6OS/c1-30(2)21-4-7-31(8-5-21)25-11-17(3-6-27-25)23(32)12-20-10-18-9-19(24-15-26-16-33-24)13-29-22(18)14-28-20/h3,6,9-11,13-16,21H,4-5,7-8,12H2,1-2H3. The summed E-state index contributed by atoms with van der Waals surface area (Å²) in [6.07, 6.45) is 9.59. The van der Waals surface area contributed by atoms with Gasteiger partial charge in [0.1, 0.15) is 5.82 Å². The number of nitrogens with zero attached hydrogens (tertiary/aromatic N) is 6. The summed E-state index contributed by atoms with van der Waals surface area (Å²) in [6, 6.07) is 8.36. The molecule has 0 unspecified atom stereocenters. The molecule has 1 aliphatic rings. The van der Waals surface area contributed by atoms with Crippen molar-refractivity contribution in [3.05, 3.63) is 65.8 Å². The molecule has 1 fully saturated rings. The molecule has 0 aliphatic carbocycles. The molecule has 33 heavy (non-hydrogen) atoms. The van der Waals surface area contributed by atoms with Crippen LogP contribution < -0.4 is 4.90 Å². The predicted molar refractivity (Wildman–Crippen MR) is 132 cm³/mol. The molecule has 4 aromatic heterocycles. The topological polar surface area (TPSA) is 75.1 Å². The van der Waals surface area contributed by atoms with E-state index in [1.807, 2.05) is 30.0 Å². The Labute approximate surface area is 197 Å². The largest absolute Gasteiger partial charge is 0.356 e. The number of pyridine rings is 3. The number of anilines is 1. The molecule has 5 heterocycles. The molecule has 0 radical (unpaired) electrons. The average Bonchev–Trinajstić information content (AvgIpc) is 3.39. The van der Waals surface area contributed by atoms with Gasteiger partial charge in [0.2, 0.25) is 0 Å². The number of hydrogen-bond donors (Lipinski definition) is 0. The Kier molecular flexibility index (Phi) is 6.11. The lowest BCUT2D eigenvalue weighted by molar-refractivity contribution is 0.0992. The third kappa shape index (κ3) is 4.77. The smallest absolute Gasteiger partial charge is 0.169 e. The molecule has 0 spiro atoms. The minimum Gasteiger partial charge on any atom is -0.356 e. The molecular weight excluding hydrogens is 432 g/mol. The van der Waals surface area contributed by atoms with Crippen LogP contribution >= 0.6 is 11.3 Å². The maximum absolute atomic E-state index is 13.1. The fourth-order valence-electron chi connectivity index (χ4n) is 4.31. The van der Waals surface area contributed by atoms with Gasteiger partial charge in [-0.2, -0.15) is 0 Å². The van der Waals surface area contributed by atoms with Crippen molar-refractivity contribution < 1.29 is 4.79 Å². The first-order chi connectivity index (χ1) is 16.1. The predicted octanol–water partition coefficient (Wildman–Crippen LogP) is 4.10. The normalized spacial score (nSPS) is 14.8. The van der Waals surface area contributed by atoms with Crippen molar-refractivity contribution in [1.82, 2.24) is 24.8 Å². The summed E-state index contributed by atoms with van der Waals surface area (Å²) in [4.78, 5) is 36.4. The van der Waals surface area contributed by atoms with E-state index < -0.39 is 0 Å². The van der Waals surface area contributed by atoms with E-state index in [1.54, 1.807) is 29.8 Å². The third-order valence-electron chi connectivity index (χ3n) is 6.27. The highest BCUT2D eigenvalue weighted by molar-refractivity contribution is 7.13. The first-order valence-electron chi connectivity index (χ1n) is 11.1. The van der Waals surface area contributed by atoms with Crippen LogP contribution in [0.2, 0.25) is 0 Å². The molecule has 0 atom stereocenters. The lowest BCUT2D eigenvalue weighted by Gasteiger charge is -2.35. The molecule has 7 nitrogen and oxygen atoms in total. The average molecular weight is 459 g/mol. The quantitative estimate of drug-likeness (QED) is 0.403. The molecule has 1 aliphatic heterocycles. The lowest BCUT2D eigenvalue weighted by Crippen LogP contribution is -2.42. The summed E-state index contributed by atoms with van der Waals surface area (Å²) < 4.78 is 0. The zero-order valence-corrected chi connectivity index (χ0v) is 19.6. The van der Waals surface area contributed by atoms with Crippen LogP contribution in [0.25, 0.3) is 21.3 Å². The van der Waals surface area contributed by atoms with Crippen LogP contribution in [-0.4, -0.2) is 63.8 Å². The first-order valence-corrected chi connectivity index (χ1v) is 12.0. The molecule has 168 valence electrons. The second-order valence-corrected chi connectivity index (χ2v) is 9.53. The summed E-state index contributed by atoms with van der Waals surface area (Å²) in [5, 5.41) is 0.970. The number of rotatable bonds is 6. The van der Waals surface area contributed by atoms with Crippen LogP contribution in [0, 0.1) is 0 Å². The molecule has 0 saturated carbocycles. The van der Waals surface area contributed by atoms with E-state index in [-0.39, 0.29) is 12.2 Å². The number of piperidine rings is 1.